The predicted octanol–water partition coefficient (Wildman–Crippen LogP) is 3.85. The van der Waals surface area contributed by atoms with Crippen LogP contribution in [-0.4, -0.2) is 54.3 Å². The minimum absolute atomic E-state index is 0.0504. The molecule has 2 aliphatic heterocycles. The molecule has 0 bridgehead atoms. The van der Waals surface area contributed by atoms with Crippen LogP contribution < -0.4 is 0 Å². The molecule has 2 aliphatic rings. The van der Waals surface area contributed by atoms with Gasteiger partial charge in [-0.2, -0.15) is 9.37 Å². The van der Waals surface area contributed by atoms with E-state index in [1.165, 1.54) is 18.2 Å². The summed E-state index contributed by atoms with van der Waals surface area (Å²) < 4.78 is 26.5. The van der Waals surface area contributed by atoms with E-state index < -0.39 is 10.0 Å². The monoisotopic (exact) mass is 408 g/mol. The number of hydroxylamine groups is 2. The third-order valence-electron chi connectivity index (χ3n) is 6.45. The highest BCUT2D eigenvalue weighted by atomic mass is 32.2. The smallest absolute Gasteiger partial charge is 0.211 e. The third kappa shape index (κ3) is 4.78. The molecule has 5 nitrogen and oxygen atoms in total. The summed E-state index contributed by atoms with van der Waals surface area (Å²) in [5.41, 5.74) is 1.16. The van der Waals surface area contributed by atoms with Gasteiger partial charge >= 0.3 is 0 Å². The lowest BCUT2D eigenvalue weighted by atomic mass is 9.82. The van der Waals surface area contributed by atoms with Gasteiger partial charge in [0.2, 0.25) is 10.0 Å². The molecule has 1 aromatic rings. The van der Waals surface area contributed by atoms with Gasteiger partial charge < -0.3 is 0 Å². The summed E-state index contributed by atoms with van der Waals surface area (Å²) in [7, 11) is -3.25. The predicted molar refractivity (Wildman–Crippen MR) is 113 cm³/mol. The van der Waals surface area contributed by atoms with Crippen LogP contribution in [0.2, 0.25) is 0 Å². The number of hydrogen-bond acceptors (Lipinski definition) is 4. The first-order valence-corrected chi connectivity index (χ1v) is 12.3. The van der Waals surface area contributed by atoms with E-state index in [9.17, 15) is 8.42 Å². The number of piperidine rings is 1. The fourth-order valence-corrected chi connectivity index (χ4v) is 6.31. The maximum atomic E-state index is 12.4. The van der Waals surface area contributed by atoms with Crippen LogP contribution in [0.25, 0.3) is 0 Å². The van der Waals surface area contributed by atoms with Crippen molar-refractivity contribution in [2.45, 2.75) is 76.9 Å². The topological polar surface area (TPSA) is 49.9 Å². The Hall–Kier alpha value is -0.950. The third-order valence-corrected chi connectivity index (χ3v) is 7.76. The van der Waals surface area contributed by atoms with E-state index in [1.807, 2.05) is 18.2 Å². The van der Waals surface area contributed by atoms with Gasteiger partial charge in [0, 0.05) is 17.6 Å². The zero-order valence-corrected chi connectivity index (χ0v) is 18.8. The lowest BCUT2D eigenvalue weighted by Gasteiger charge is -2.51. The number of benzene rings is 1. The van der Waals surface area contributed by atoms with Gasteiger partial charge in [-0.05, 0) is 71.3 Å². The average Bonchev–Trinajstić information content (AvgIpc) is 2.97. The van der Waals surface area contributed by atoms with Crippen LogP contribution >= 0.6 is 0 Å². The van der Waals surface area contributed by atoms with Crippen molar-refractivity contribution in [2.75, 3.05) is 19.4 Å². The van der Waals surface area contributed by atoms with Crippen molar-refractivity contribution in [3.05, 3.63) is 35.9 Å². The molecule has 2 fully saturated rings. The number of hydrogen-bond donors (Lipinski definition) is 0. The summed E-state index contributed by atoms with van der Waals surface area (Å²) in [5, 5.41) is 2.14. The molecule has 1 aromatic carbocycles. The Balaban J connectivity index is 1.78. The summed E-state index contributed by atoms with van der Waals surface area (Å²) in [6.45, 7) is 9.88. The number of rotatable bonds is 6. The Labute approximate surface area is 171 Å². The molecule has 6 heteroatoms. The van der Waals surface area contributed by atoms with Crippen molar-refractivity contribution < 1.29 is 13.3 Å². The molecule has 0 unspecified atom stereocenters. The van der Waals surface area contributed by atoms with E-state index in [4.69, 9.17) is 4.84 Å². The van der Waals surface area contributed by atoms with Crippen molar-refractivity contribution in [1.82, 2.24) is 9.37 Å². The highest BCUT2D eigenvalue weighted by Gasteiger charge is 2.45. The lowest BCUT2D eigenvalue weighted by molar-refractivity contribution is -0.285. The zero-order valence-electron chi connectivity index (χ0n) is 18.0. The number of sulfonamides is 1. The molecule has 2 saturated heterocycles. The molecule has 2 heterocycles. The van der Waals surface area contributed by atoms with Gasteiger partial charge in [0.15, 0.2) is 0 Å². The summed E-state index contributed by atoms with van der Waals surface area (Å²) in [6.07, 6.45) is 6.44. The van der Waals surface area contributed by atoms with Gasteiger partial charge in [-0.15, -0.1) is 0 Å². The van der Waals surface area contributed by atoms with Crippen LogP contribution in [-0.2, 0) is 21.3 Å². The summed E-state index contributed by atoms with van der Waals surface area (Å²) >= 11 is 0. The van der Waals surface area contributed by atoms with E-state index in [-0.39, 0.29) is 23.0 Å². The Morgan fingerprint density at radius 1 is 1.07 bits per heavy atom. The molecule has 0 aliphatic carbocycles. The van der Waals surface area contributed by atoms with Crippen LogP contribution in [0.5, 0.6) is 0 Å². The Morgan fingerprint density at radius 2 is 1.68 bits per heavy atom. The van der Waals surface area contributed by atoms with Crippen LogP contribution in [0.15, 0.2) is 30.3 Å². The molecule has 158 valence electrons. The van der Waals surface area contributed by atoms with Gasteiger partial charge in [-0.3, -0.25) is 4.84 Å². The fraction of sp³-hybridized carbons (Fsp3) is 0.727. The molecular weight excluding hydrogens is 372 g/mol. The van der Waals surface area contributed by atoms with E-state index in [0.29, 0.717) is 13.2 Å². The minimum atomic E-state index is -3.25. The SMILES string of the molecule is CC1(C)CCCC(C)(C)N1OC[C@H]1[C@H](Cc2ccccc2)CCN1S(C)(=O)=O. The van der Waals surface area contributed by atoms with Crippen LogP contribution in [0.3, 0.4) is 0 Å². The van der Waals surface area contributed by atoms with Crippen LogP contribution in [0.1, 0.15) is 58.9 Å². The highest BCUT2D eigenvalue weighted by molar-refractivity contribution is 7.88. The largest absolute Gasteiger partial charge is 0.296 e. The number of nitrogens with zero attached hydrogens (tertiary/aromatic N) is 2. The normalized spacial score (nSPS) is 28.5. The fourth-order valence-electron chi connectivity index (χ4n) is 5.15. The first-order valence-electron chi connectivity index (χ1n) is 10.4. The molecule has 0 saturated carbocycles. The molecule has 0 spiro atoms. The second-order valence-electron chi connectivity index (χ2n) is 9.75. The molecule has 3 rings (SSSR count). The molecule has 0 N–H and O–H groups in total. The Morgan fingerprint density at radius 3 is 2.25 bits per heavy atom. The van der Waals surface area contributed by atoms with Gasteiger partial charge in [-0.1, -0.05) is 30.3 Å². The first kappa shape index (κ1) is 21.8. The van der Waals surface area contributed by atoms with E-state index >= 15 is 0 Å². The van der Waals surface area contributed by atoms with Crippen molar-refractivity contribution in [1.29, 1.82) is 0 Å². The van der Waals surface area contributed by atoms with Crippen LogP contribution in [0.4, 0.5) is 0 Å². The molecule has 0 aromatic heterocycles. The average molecular weight is 409 g/mol. The summed E-state index contributed by atoms with van der Waals surface area (Å²) in [4.78, 5) is 6.42. The van der Waals surface area contributed by atoms with Crippen molar-refractivity contribution >= 4 is 10.0 Å². The van der Waals surface area contributed by atoms with Gasteiger partial charge in [-0.25, -0.2) is 8.42 Å². The minimum Gasteiger partial charge on any atom is -0.296 e. The summed E-state index contributed by atoms with van der Waals surface area (Å²) in [6, 6.07) is 10.2. The van der Waals surface area contributed by atoms with Crippen molar-refractivity contribution in [3.8, 4) is 0 Å². The molecule has 2 atom stereocenters. The quantitative estimate of drug-likeness (QED) is 0.717. The van der Waals surface area contributed by atoms with E-state index in [1.54, 1.807) is 4.31 Å². The first-order chi connectivity index (χ1) is 13.0. The summed E-state index contributed by atoms with van der Waals surface area (Å²) in [5.74, 6) is 0.271. The molecule has 0 radical (unpaired) electrons. The highest BCUT2D eigenvalue weighted by Crippen LogP contribution is 2.39. The van der Waals surface area contributed by atoms with Gasteiger partial charge in [0.05, 0.1) is 18.9 Å². The Kier molecular flexibility index (Phi) is 6.26. The van der Waals surface area contributed by atoms with E-state index in [0.717, 1.165) is 25.7 Å². The molecule has 28 heavy (non-hydrogen) atoms. The second kappa shape index (κ2) is 8.05. The lowest BCUT2D eigenvalue weighted by Crippen LogP contribution is -2.59. The maximum absolute atomic E-state index is 12.4. The van der Waals surface area contributed by atoms with Gasteiger partial charge in [0.25, 0.3) is 0 Å². The Bertz CT molecular complexity index is 745. The molecular formula is C22H36N2O3S. The zero-order chi connectivity index (χ0) is 20.6. The van der Waals surface area contributed by atoms with Gasteiger partial charge in [0.1, 0.15) is 0 Å². The van der Waals surface area contributed by atoms with Crippen LogP contribution in [0, 0.1) is 5.92 Å². The maximum Gasteiger partial charge on any atom is 0.211 e. The second-order valence-corrected chi connectivity index (χ2v) is 11.7. The van der Waals surface area contributed by atoms with E-state index in [2.05, 4.69) is 44.9 Å². The van der Waals surface area contributed by atoms with Crippen molar-refractivity contribution in [2.24, 2.45) is 5.92 Å². The molecule has 0 amide bonds. The van der Waals surface area contributed by atoms with Crippen molar-refractivity contribution in [3.63, 3.8) is 0 Å². The standard InChI is InChI=1S/C22H36N2O3S/c1-21(2)13-9-14-22(3,4)24(21)27-17-20-19(12-15-23(20)28(5,25)26)16-18-10-7-6-8-11-18/h6-8,10-11,19-20H,9,12-17H2,1-5H3/t19-,20-/m0/s1.